The van der Waals surface area contributed by atoms with Crippen LogP contribution in [0.1, 0.15) is 18.1 Å². The highest BCUT2D eigenvalue weighted by Gasteiger charge is 2.19. The van der Waals surface area contributed by atoms with E-state index in [1.54, 1.807) is 18.4 Å². The van der Waals surface area contributed by atoms with E-state index < -0.39 is 0 Å². The summed E-state index contributed by atoms with van der Waals surface area (Å²) in [6.45, 7) is 1.98. The lowest BCUT2D eigenvalue weighted by Crippen LogP contribution is -1.89. The van der Waals surface area contributed by atoms with Crippen LogP contribution in [0, 0.1) is 0 Å². The molecule has 3 heterocycles. The van der Waals surface area contributed by atoms with Crippen molar-refractivity contribution in [2.75, 3.05) is 5.32 Å². The van der Waals surface area contributed by atoms with Gasteiger partial charge in [0, 0.05) is 10.2 Å². The molecule has 0 amide bonds. The minimum absolute atomic E-state index is 0.0575. The van der Waals surface area contributed by atoms with Gasteiger partial charge in [0.05, 0.1) is 11.5 Å². The van der Waals surface area contributed by atoms with Crippen LogP contribution in [0.5, 0.6) is 0 Å². The Morgan fingerprint density at radius 2 is 2.15 bits per heavy atom. The summed E-state index contributed by atoms with van der Waals surface area (Å²) in [4.78, 5) is 4.38. The van der Waals surface area contributed by atoms with Crippen molar-refractivity contribution in [3.8, 4) is 11.6 Å². The van der Waals surface area contributed by atoms with E-state index in [0.717, 1.165) is 19.6 Å². The molecule has 0 unspecified atom stereocenters. The van der Waals surface area contributed by atoms with Crippen molar-refractivity contribution < 1.29 is 8.94 Å². The SMILES string of the molecule is C[C@H](Sc1nnc(Nc2cccc(Br)c2)s1)c1nc(-c2ccco2)no1. The van der Waals surface area contributed by atoms with Gasteiger partial charge in [-0.25, -0.2) is 0 Å². The number of aromatic nitrogens is 4. The van der Waals surface area contributed by atoms with E-state index in [1.165, 1.54) is 23.1 Å². The number of nitrogens with one attached hydrogen (secondary N) is 1. The van der Waals surface area contributed by atoms with Gasteiger partial charge in [0.2, 0.25) is 16.8 Å². The third-order valence-corrected chi connectivity index (χ3v) is 5.79. The van der Waals surface area contributed by atoms with E-state index in [2.05, 4.69) is 41.6 Å². The molecular weight excluding hydrogens is 438 g/mol. The fourth-order valence-corrected chi connectivity index (χ4v) is 4.45. The predicted octanol–water partition coefficient (Wildman–Crippen LogP) is 5.54. The molecule has 0 aliphatic rings. The first-order valence-electron chi connectivity index (χ1n) is 7.57. The predicted molar refractivity (Wildman–Crippen MR) is 104 cm³/mol. The van der Waals surface area contributed by atoms with Crippen molar-refractivity contribution in [3.05, 3.63) is 53.0 Å². The van der Waals surface area contributed by atoms with Gasteiger partial charge in [0.1, 0.15) is 0 Å². The summed E-state index contributed by atoms with van der Waals surface area (Å²) < 4.78 is 12.4. The number of halogens is 1. The number of nitrogens with zero attached hydrogens (tertiary/aromatic N) is 4. The van der Waals surface area contributed by atoms with Gasteiger partial charge in [-0.3, -0.25) is 0 Å². The van der Waals surface area contributed by atoms with Crippen LogP contribution in [0.4, 0.5) is 10.8 Å². The highest BCUT2D eigenvalue weighted by molar-refractivity contribution is 9.10. The van der Waals surface area contributed by atoms with E-state index in [9.17, 15) is 0 Å². The monoisotopic (exact) mass is 449 g/mol. The van der Waals surface area contributed by atoms with Crippen LogP contribution in [0.25, 0.3) is 11.6 Å². The van der Waals surface area contributed by atoms with E-state index in [-0.39, 0.29) is 5.25 Å². The first-order valence-corrected chi connectivity index (χ1v) is 10.1. The zero-order chi connectivity index (χ0) is 17.9. The van der Waals surface area contributed by atoms with Crippen LogP contribution >= 0.6 is 39.0 Å². The van der Waals surface area contributed by atoms with E-state index in [1.807, 2.05) is 31.2 Å². The summed E-state index contributed by atoms with van der Waals surface area (Å²) in [5.41, 5.74) is 0.945. The summed E-state index contributed by atoms with van der Waals surface area (Å²) in [7, 11) is 0. The van der Waals surface area contributed by atoms with E-state index in [0.29, 0.717) is 17.5 Å². The summed E-state index contributed by atoms with van der Waals surface area (Å²) in [6.07, 6.45) is 1.57. The Hall–Kier alpha value is -2.17. The average molecular weight is 450 g/mol. The Bertz CT molecular complexity index is 1000. The minimum Gasteiger partial charge on any atom is -0.461 e. The number of hydrogen-bond acceptors (Lipinski definition) is 9. The second-order valence-corrected chi connectivity index (χ2v) is 8.68. The van der Waals surface area contributed by atoms with Crippen LogP contribution in [-0.2, 0) is 0 Å². The molecule has 3 aromatic heterocycles. The highest BCUT2D eigenvalue weighted by Crippen LogP contribution is 2.37. The number of rotatable bonds is 6. The lowest BCUT2D eigenvalue weighted by Gasteiger charge is -2.02. The summed E-state index contributed by atoms with van der Waals surface area (Å²) in [6, 6.07) is 11.4. The molecule has 1 aromatic carbocycles. The van der Waals surface area contributed by atoms with Crippen molar-refractivity contribution in [2.45, 2.75) is 16.5 Å². The number of anilines is 2. The standard InChI is InChI=1S/C16H12BrN5O2S2/c1-9(14-19-13(22-24-14)12-6-3-7-23-12)25-16-21-20-15(26-16)18-11-5-2-4-10(17)8-11/h2-9H,1H3,(H,18,20)/t9-/m0/s1. The molecule has 0 saturated carbocycles. The number of furan rings is 1. The zero-order valence-corrected chi connectivity index (χ0v) is 16.6. The van der Waals surface area contributed by atoms with Crippen molar-refractivity contribution in [1.29, 1.82) is 0 Å². The molecule has 4 rings (SSSR count). The van der Waals surface area contributed by atoms with Gasteiger partial charge < -0.3 is 14.3 Å². The fourth-order valence-electron chi connectivity index (χ4n) is 2.11. The number of benzene rings is 1. The number of thioether (sulfide) groups is 1. The molecule has 0 saturated heterocycles. The van der Waals surface area contributed by atoms with Crippen LogP contribution < -0.4 is 5.32 Å². The average Bonchev–Trinajstić information content (AvgIpc) is 3.36. The summed E-state index contributed by atoms with van der Waals surface area (Å²) >= 11 is 6.43. The van der Waals surface area contributed by atoms with Gasteiger partial charge in [-0.1, -0.05) is 50.3 Å². The Morgan fingerprint density at radius 3 is 2.96 bits per heavy atom. The first-order chi connectivity index (χ1) is 12.7. The smallest absolute Gasteiger partial charge is 0.240 e. The summed E-state index contributed by atoms with van der Waals surface area (Å²) in [5, 5.41) is 16.2. The van der Waals surface area contributed by atoms with Gasteiger partial charge in [0.25, 0.3) is 0 Å². The summed E-state index contributed by atoms with van der Waals surface area (Å²) in [5.74, 6) is 1.53. The lowest BCUT2D eigenvalue weighted by atomic mass is 10.3. The molecule has 4 aromatic rings. The van der Waals surface area contributed by atoms with Crippen molar-refractivity contribution in [3.63, 3.8) is 0 Å². The van der Waals surface area contributed by atoms with Gasteiger partial charge in [-0.2, -0.15) is 4.98 Å². The zero-order valence-electron chi connectivity index (χ0n) is 13.4. The Labute approximate surface area is 165 Å². The van der Waals surface area contributed by atoms with Gasteiger partial charge in [0.15, 0.2) is 10.1 Å². The topological polar surface area (TPSA) is 89.9 Å². The molecule has 0 fully saturated rings. The second-order valence-electron chi connectivity index (χ2n) is 5.20. The number of hydrogen-bond donors (Lipinski definition) is 1. The molecule has 1 atom stereocenters. The molecule has 0 spiro atoms. The molecule has 132 valence electrons. The second kappa shape index (κ2) is 7.60. The maximum Gasteiger partial charge on any atom is 0.240 e. The first kappa shape index (κ1) is 17.3. The molecule has 0 bridgehead atoms. The van der Waals surface area contributed by atoms with Crippen LogP contribution in [0.15, 0.2) is 60.4 Å². The maximum atomic E-state index is 5.33. The molecule has 1 N–H and O–H groups in total. The molecule has 26 heavy (non-hydrogen) atoms. The molecule has 0 aliphatic carbocycles. The highest BCUT2D eigenvalue weighted by atomic mass is 79.9. The van der Waals surface area contributed by atoms with Gasteiger partial charge in [-0.15, -0.1) is 10.2 Å². The quantitative estimate of drug-likeness (QED) is 0.383. The van der Waals surface area contributed by atoms with E-state index in [4.69, 9.17) is 8.94 Å². The molecular formula is C16H12BrN5O2S2. The Morgan fingerprint density at radius 1 is 1.23 bits per heavy atom. The Kier molecular flexibility index (Phi) is 5.05. The Balaban J connectivity index is 1.42. The maximum absolute atomic E-state index is 5.33. The third-order valence-electron chi connectivity index (χ3n) is 3.29. The van der Waals surface area contributed by atoms with Crippen LogP contribution in [0.3, 0.4) is 0 Å². The molecule has 0 aliphatic heterocycles. The van der Waals surface area contributed by atoms with Crippen LogP contribution in [0.2, 0.25) is 0 Å². The molecule has 7 nitrogen and oxygen atoms in total. The largest absolute Gasteiger partial charge is 0.461 e. The lowest BCUT2D eigenvalue weighted by molar-refractivity contribution is 0.379. The van der Waals surface area contributed by atoms with Crippen LogP contribution in [-0.4, -0.2) is 20.3 Å². The van der Waals surface area contributed by atoms with E-state index >= 15 is 0 Å². The van der Waals surface area contributed by atoms with Crippen molar-refractivity contribution in [2.24, 2.45) is 0 Å². The van der Waals surface area contributed by atoms with Gasteiger partial charge >= 0.3 is 0 Å². The third kappa shape index (κ3) is 3.97. The van der Waals surface area contributed by atoms with Gasteiger partial charge in [-0.05, 0) is 37.3 Å². The van der Waals surface area contributed by atoms with Crippen molar-refractivity contribution >= 4 is 49.8 Å². The molecule has 0 radical (unpaired) electrons. The van der Waals surface area contributed by atoms with Crippen molar-refractivity contribution in [1.82, 2.24) is 20.3 Å². The normalized spacial score (nSPS) is 12.2. The molecule has 10 heteroatoms. The fraction of sp³-hybridized carbons (Fsp3) is 0.125. The minimum atomic E-state index is -0.0575.